The molecule has 0 saturated heterocycles. The molecule has 16 heavy (non-hydrogen) atoms. The number of nitrogen functional groups attached to an aromatic ring is 1. The molecule has 0 radical (unpaired) electrons. The van der Waals surface area contributed by atoms with Crippen molar-refractivity contribution in [3.8, 4) is 0 Å². The number of benzene rings is 1. The lowest BCUT2D eigenvalue weighted by molar-refractivity contribution is 0.106. The molecule has 84 valence electrons. The first-order chi connectivity index (χ1) is 7.88. The van der Waals surface area contributed by atoms with E-state index in [0.717, 1.165) is 10.6 Å². The first-order valence-electron chi connectivity index (χ1n) is 4.79. The summed E-state index contributed by atoms with van der Waals surface area (Å²) < 4.78 is 5.50. The Morgan fingerprint density at radius 3 is 2.69 bits per heavy atom. The topological polar surface area (TPSA) is 73.1 Å². The lowest BCUT2D eigenvalue weighted by atomic mass is 10.2. The molecule has 3 N–H and O–H groups in total. The summed E-state index contributed by atoms with van der Waals surface area (Å²) in [4.78, 5) is 0. The van der Waals surface area contributed by atoms with Gasteiger partial charge in [-0.25, -0.2) is 5.84 Å². The number of anilines is 1. The fraction of sp³-hybridized carbons (Fsp3) is 0.200. The Kier molecular flexibility index (Phi) is 3.81. The Bertz CT molecular complexity index is 431. The van der Waals surface area contributed by atoms with Crippen LogP contribution in [0.3, 0.4) is 0 Å². The summed E-state index contributed by atoms with van der Waals surface area (Å²) >= 11 is 1.38. The average Bonchev–Trinajstić information content (AvgIpc) is 2.78. The fourth-order valence-electron chi connectivity index (χ4n) is 1.20. The zero-order valence-electron chi connectivity index (χ0n) is 8.59. The van der Waals surface area contributed by atoms with Crippen LogP contribution in [0.1, 0.15) is 10.6 Å². The van der Waals surface area contributed by atoms with Crippen LogP contribution in [-0.2, 0) is 18.0 Å². The Labute approximate surface area is 97.2 Å². The van der Waals surface area contributed by atoms with Gasteiger partial charge < -0.3 is 4.74 Å². The quantitative estimate of drug-likeness (QED) is 0.608. The van der Waals surface area contributed by atoms with Gasteiger partial charge in [0.1, 0.15) is 11.6 Å². The van der Waals surface area contributed by atoms with Crippen molar-refractivity contribution in [3.63, 3.8) is 0 Å². The van der Waals surface area contributed by atoms with Gasteiger partial charge in [-0.15, -0.1) is 10.2 Å². The lowest BCUT2D eigenvalue weighted by Gasteiger charge is -2.00. The van der Waals surface area contributed by atoms with Crippen molar-refractivity contribution in [1.82, 2.24) is 10.2 Å². The second kappa shape index (κ2) is 5.55. The van der Waals surface area contributed by atoms with Gasteiger partial charge in [-0.05, 0) is 5.56 Å². The first kappa shape index (κ1) is 11.0. The third kappa shape index (κ3) is 2.99. The maximum absolute atomic E-state index is 5.50. The lowest BCUT2D eigenvalue weighted by Crippen LogP contribution is -2.05. The molecule has 0 amide bonds. The van der Waals surface area contributed by atoms with Gasteiger partial charge in [0, 0.05) is 0 Å². The van der Waals surface area contributed by atoms with Gasteiger partial charge in [0.15, 0.2) is 0 Å². The third-order valence-corrected chi connectivity index (χ3v) is 2.76. The monoisotopic (exact) mass is 236 g/mol. The van der Waals surface area contributed by atoms with Crippen LogP contribution in [0.15, 0.2) is 30.3 Å². The van der Waals surface area contributed by atoms with Crippen LogP contribution in [-0.4, -0.2) is 10.2 Å². The molecule has 0 bridgehead atoms. The standard InChI is InChI=1S/C10H12N4OS/c11-12-10-14-13-9(16-10)7-15-6-8-4-2-1-3-5-8/h1-5H,6-7,11H2,(H,12,14). The van der Waals surface area contributed by atoms with Crippen LogP contribution in [0.2, 0.25) is 0 Å². The third-order valence-electron chi connectivity index (χ3n) is 1.93. The minimum atomic E-state index is 0.453. The number of nitrogens with one attached hydrogen (secondary N) is 1. The molecule has 0 aliphatic heterocycles. The van der Waals surface area contributed by atoms with E-state index in [0.29, 0.717) is 18.3 Å². The number of hydrazine groups is 1. The summed E-state index contributed by atoms with van der Waals surface area (Å²) in [5.41, 5.74) is 3.59. The van der Waals surface area contributed by atoms with Crippen molar-refractivity contribution in [2.45, 2.75) is 13.2 Å². The number of nitrogens with zero attached hydrogens (tertiary/aromatic N) is 2. The summed E-state index contributed by atoms with van der Waals surface area (Å²) in [6.07, 6.45) is 0. The minimum Gasteiger partial charge on any atom is -0.370 e. The second-order valence-corrected chi connectivity index (χ2v) is 4.19. The van der Waals surface area contributed by atoms with E-state index in [-0.39, 0.29) is 0 Å². The molecular weight excluding hydrogens is 224 g/mol. The van der Waals surface area contributed by atoms with Crippen molar-refractivity contribution in [2.24, 2.45) is 5.84 Å². The maximum atomic E-state index is 5.50. The van der Waals surface area contributed by atoms with Crippen LogP contribution < -0.4 is 11.3 Å². The first-order valence-corrected chi connectivity index (χ1v) is 5.61. The van der Waals surface area contributed by atoms with Gasteiger partial charge in [0.25, 0.3) is 0 Å². The van der Waals surface area contributed by atoms with Crippen molar-refractivity contribution in [3.05, 3.63) is 40.9 Å². The molecule has 0 atom stereocenters. The van der Waals surface area contributed by atoms with E-state index in [1.165, 1.54) is 11.3 Å². The summed E-state index contributed by atoms with van der Waals surface area (Å²) in [7, 11) is 0. The fourth-order valence-corrected chi connectivity index (χ4v) is 1.79. The number of ether oxygens (including phenoxy) is 1. The SMILES string of the molecule is NNc1nnc(COCc2ccccc2)s1. The number of hydrogen-bond donors (Lipinski definition) is 2. The van der Waals surface area contributed by atoms with Crippen molar-refractivity contribution in [1.29, 1.82) is 0 Å². The number of rotatable bonds is 5. The zero-order chi connectivity index (χ0) is 11.2. The van der Waals surface area contributed by atoms with Crippen LogP contribution in [0.5, 0.6) is 0 Å². The Morgan fingerprint density at radius 1 is 1.19 bits per heavy atom. The molecule has 1 aromatic heterocycles. The molecule has 0 fully saturated rings. The molecule has 1 aromatic carbocycles. The molecule has 0 aliphatic carbocycles. The van der Waals surface area contributed by atoms with Crippen LogP contribution >= 0.6 is 11.3 Å². The van der Waals surface area contributed by atoms with Crippen LogP contribution in [0.4, 0.5) is 5.13 Å². The predicted octanol–water partition coefficient (Wildman–Crippen LogP) is 1.54. The van der Waals surface area contributed by atoms with Gasteiger partial charge in [0.05, 0.1) is 6.61 Å². The highest BCUT2D eigenvalue weighted by Crippen LogP contribution is 2.14. The molecule has 2 rings (SSSR count). The summed E-state index contributed by atoms with van der Waals surface area (Å²) in [6, 6.07) is 9.99. The molecule has 5 nitrogen and oxygen atoms in total. The van der Waals surface area contributed by atoms with Crippen molar-refractivity contribution >= 4 is 16.5 Å². The summed E-state index contributed by atoms with van der Waals surface area (Å²) in [5.74, 6) is 5.20. The number of aromatic nitrogens is 2. The van der Waals surface area contributed by atoms with E-state index in [1.807, 2.05) is 30.3 Å². The molecule has 0 aliphatic rings. The summed E-state index contributed by atoms with van der Waals surface area (Å²) in [6.45, 7) is 1.03. The Balaban J connectivity index is 1.80. The largest absolute Gasteiger partial charge is 0.370 e. The van der Waals surface area contributed by atoms with Gasteiger partial charge in [-0.3, -0.25) is 5.43 Å². The Hall–Kier alpha value is -1.50. The molecule has 2 aromatic rings. The maximum Gasteiger partial charge on any atom is 0.219 e. The molecule has 0 spiro atoms. The predicted molar refractivity (Wildman–Crippen MR) is 62.7 cm³/mol. The van der Waals surface area contributed by atoms with Crippen LogP contribution in [0, 0.1) is 0 Å². The van der Waals surface area contributed by atoms with Gasteiger partial charge in [0.2, 0.25) is 5.13 Å². The highest BCUT2D eigenvalue weighted by Gasteiger charge is 2.02. The number of nitrogens with two attached hydrogens (primary N) is 1. The minimum absolute atomic E-state index is 0.453. The molecule has 0 unspecified atom stereocenters. The Morgan fingerprint density at radius 2 is 2.00 bits per heavy atom. The van der Waals surface area contributed by atoms with Gasteiger partial charge in [-0.2, -0.15) is 0 Å². The zero-order valence-corrected chi connectivity index (χ0v) is 9.41. The van der Waals surface area contributed by atoms with E-state index >= 15 is 0 Å². The second-order valence-electron chi connectivity index (χ2n) is 3.12. The van der Waals surface area contributed by atoms with Crippen LogP contribution in [0.25, 0.3) is 0 Å². The normalized spacial score (nSPS) is 10.3. The summed E-state index contributed by atoms with van der Waals surface area (Å²) in [5, 5.41) is 9.14. The molecule has 6 heteroatoms. The highest BCUT2D eigenvalue weighted by molar-refractivity contribution is 7.15. The van der Waals surface area contributed by atoms with E-state index in [4.69, 9.17) is 10.6 Å². The average molecular weight is 236 g/mol. The molecular formula is C10H12N4OS. The van der Waals surface area contributed by atoms with E-state index in [2.05, 4.69) is 15.6 Å². The van der Waals surface area contributed by atoms with E-state index in [1.54, 1.807) is 0 Å². The van der Waals surface area contributed by atoms with Crippen molar-refractivity contribution < 1.29 is 4.74 Å². The highest BCUT2D eigenvalue weighted by atomic mass is 32.1. The van der Waals surface area contributed by atoms with Gasteiger partial charge in [-0.1, -0.05) is 41.7 Å². The van der Waals surface area contributed by atoms with Crippen molar-refractivity contribution in [2.75, 3.05) is 5.43 Å². The molecule has 1 heterocycles. The smallest absolute Gasteiger partial charge is 0.219 e. The van der Waals surface area contributed by atoms with E-state index in [9.17, 15) is 0 Å². The number of hydrogen-bond acceptors (Lipinski definition) is 6. The van der Waals surface area contributed by atoms with Gasteiger partial charge >= 0.3 is 0 Å². The van der Waals surface area contributed by atoms with E-state index < -0.39 is 0 Å². The molecule has 0 saturated carbocycles.